The molecule has 1 aromatic rings. The highest BCUT2D eigenvalue weighted by Gasteiger charge is 2.28. The average molecular weight is 401 g/mol. The van der Waals surface area contributed by atoms with Gasteiger partial charge in [-0.2, -0.15) is 12.7 Å². The number of piperidine rings is 1. The maximum absolute atomic E-state index is 11.4. The maximum Gasteiger partial charge on any atom is 0.299 e. The van der Waals surface area contributed by atoms with Crippen LogP contribution < -0.4 is 4.74 Å². The molecule has 0 saturated carbocycles. The van der Waals surface area contributed by atoms with Gasteiger partial charge in [0.2, 0.25) is 0 Å². The van der Waals surface area contributed by atoms with E-state index >= 15 is 0 Å². The van der Waals surface area contributed by atoms with E-state index in [9.17, 15) is 8.42 Å². The molecule has 2 heterocycles. The summed E-state index contributed by atoms with van der Waals surface area (Å²) < 4.78 is 29.9. The molecule has 1 unspecified atom stereocenters. The Balaban J connectivity index is 1.53. The molecule has 0 aliphatic carbocycles. The van der Waals surface area contributed by atoms with Crippen molar-refractivity contribution in [1.82, 2.24) is 9.21 Å². The van der Waals surface area contributed by atoms with Crippen LogP contribution in [0.1, 0.15) is 37.8 Å². The van der Waals surface area contributed by atoms with Gasteiger partial charge in [-0.25, -0.2) is 0 Å². The second-order valence-electron chi connectivity index (χ2n) is 7.47. The quantitative estimate of drug-likeness (QED) is 0.660. The standard InChI is InChI=1S/C19H29ClN2O3S/c1-3-21(14-16-6-9-22(10-7-16)26(20,23)24)15(2)12-17-4-5-19-18(13-17)8-11-25-19/h4-5,13,15-16H,3,6-12,14H2,1-2H3. The van der Waals surface area contributed by atoms with Gasteiger partial charge in [-0.05, 0) is 55.8 Å². The Morgan fingerprint density at radius 2 is 2.08 bits per heavy atom. The molecule has 1 aromatic carbocycles. The molecule has 3 rings (SSSR count). The predicted molar refractivity (Wildman–Crippen MR) is 105 cm³/mol. The van der Waals surface area contributed by atoms with Gasteiger partial charge in [-0.3, -0.25) is 0 Å². The first-order valence-corrected chi connectivity index (χ1v) is 11.8. The molecule has 146 valence electrons. The van der Waals surface area contributed by atoms with Crippen LogP contribution in [0.3, 0.4) is 0 Å². The van der Waals surface area contributed by atoms with Crippen LogP contribution in [0.4, 0.5) is 0 Å². The van der Waals surface area contributed by atoms with Crippen molar-refractivity contribution in [3.63, 3.8) is 0 Å². The van der Waals surface area contributed by atoms with Crippen molar-refractivity contribution in [1.29, 1.82) is 0 Å². The summed E-state index contributed by atoms with van der Waals surface area (Å²) >= 11 is 0. The van der Waals surface area contributed by atoms with Crippen molar-refractivity contribution in [3.05, 3.63) is 29.3 Å². The number of fused-ring (bicyclic) bond motifs is 1. The van der Waals surface area contributed by atoms with Crippen LogP contribution in [0.15, 0.2) is 18.2 Å². The SMILES string of the molecule is CCN(CC1CCN(S(=O)(=O)Cl)CC1)C(C)Cc1ccc2c(c1)CCO2. The Bertz CT molecular complexity index is 717. The second kappa shape index (κ2) is 8.46. The smallest absolute Gasteiger partial charge is 0.299 e. The van der Waals surface area contributed by atoms with E-state index in [2.05, 4.69) is 36.9 Å². The van der Waals surface area contributed by atoms with Crippen molar-refractivity contribution in [2.75, 3.05) is 32.8 Å². The van der Waals surface area contributed by atoms with Gasteiger partial charge < -0.3 is 9.64 Å². The summed E-state index contributed by atoms with van der Waals surface area (Å²) in [6, 6.07) is 7.02. The zero-order valence-corrected chi connectivity index (χ0v) is 17.2. The van der Waals surface area contributed by atoms with Gasteiger partial charge in [-0.1, -0.05) is 19.1 Å². The first-order chi connectivity index (χ1) is 12.4. The van der Waals surface area contributed by atoms with Crippen LogP contribution in [-0.2, 0) is 22.1 Å². The fourth-order valence-electron chi connectivity index (χ4n) is 4.10. The summed E-state index contributed by atoms with van der Waals surface area (Å²) in [5, 5.41) is 0. The Kier molecular flexibility index (Phi) is 6.49. The monoisotopic (exact) mass is 400 g/mol. The minimum Gasteiger partial charge on any atom is -0.493 e. The number of rotatable bonds is 7. The Labute approximate surface area is 161 Å². The number of halogens is 1. The highest BCUT2D eigenvalue weighted by molar-refractivity contribution is 8.11. The van der Waals surface area contributed by atoms with Crippen molar-refractivity contribution in [2.45, 2.75) is 45.6 Å². The molecular formula is C19H29ClN2O3S. The minimum absolute atomic E-state index is 0.454. The van der Waals surface area contributed by atoms with Gasteiger partial charge in [-0.15, -0.1) is 0 Å². The molecule has 2 aliphatic heterocycles. The van der Waals surface area contributed by atoms with Crippen molar-refractivity contribution in [2.24, 2.45) is 5.92 Å². The predicted octanol–water partition coefficient (Wildman–Crippen LogP) is 3.07. The third kappa shape index (κ3) is 4.91. The third-order valence-electron chi connectivity index (χ3n) is 5.69. The van der Waals surface area contributed by atoms with E-state index in [1.165, 1.54) is 15.4 Å². The molecule has 2 aliphatic rings. The van der Waals surface area contributed by atoms with Crippen LogP contribution in [0, 0.1) is 5.92 Å². The van der Waals surface area contributed by atoms with Crippen LogP contribution in [0.25, 0.3) is 0 Å². The van der Waals surface area contributed by atoms with Crippen molar-refractivity contribution >= 4 is 19.9 Å². The largest absolute Gasteiger partial charge is 0.493 e. The lowest BCUT2D eigenvalue weighted by molar-refractivity contribution is 0.153. The number of hydrogen-bond acceptors (Lipinski definition) is 4. The van der Waals surface area contributed by atoms with E-state index in [4.69, 9.17) is 15.4 Å². The van der Waals surface area contributed by atoms with Gasteiger partial charge >= 0.3 is 0 Å². The van der Waals surface area contributed by atoms with E-state index in [0.29, 0.717) is 25.0 Å². The van der Waals surface area contributed by atoms with Gasteiger partial charge in [0.05, 0.1) is 6.61 Å². The summed E-state index contributed by atoms with van der Waals surface area (Å²) in [5.74, 6) is 1.57. The normalized spacial score (nSPS) is 20.2. The molecule has 0 bridgehead atoms. The molecule has 1 fully saturated rings. The Morgan fingerprint density at radius 3 is 2.73 bits per heavy atom. The molecule has 7 heteroatoms. The first-order valence-electron chi connectivity index (χ1n) is 9.55. The lowest BCUT2D eigenvalue weighted by Crippen LogP contribution is -2.43. The molecule has 1 saturated heterocycles. The van der Waals surface area contributed by atoms with E-state index in [0.717, 1.165) is 51.1 Å². The Morgan fingerprint density at radius 1 is 1.35 bits per heavy atom. The molecule has 0 aromatic heterocycles. The molecular weight excluding hydrogens is 372 g/mol. The lowest BCUT2D eigenvalue weighted by atomic mass is 9.96. The summed E-state index contributed by atoms with van der Waals surface area (Å²) in [6.45, 7) is 8.37. The van der Waals surface area contributed by atoms with Crippen LogP contribution in [0.2, 0.25) is 0 Å². The van der Waals surface area contributed by atoms with Crippen LogP contribution in [0.5, 0.6) is 5.75 Å². The summed E-state index contributed by atoms with van der Waals surface area (Å²) in [7, 11) is 1.89. The van der Waals surface area contributed by atoms with E-state index in [-0.39, 0.29) is 0 Å². The average Bonchev–Trinajstić information content (AvgIpc) is 3.07. The number of hydrogen-bond donors (Lipinski definition) is 0. The topological polar surface area (TPSA) is 49.9 Å². The van der Waals surface area contributed by atoms with Crippen molar-refractivity contribution in [3.8, 4) is 5.75 Å². The molecule has 0 N–H and O–H groups in total. The number of ether oxygens (including phenoxy) is 1. The maximum atomic E-state index is 11.4. The molecule has 1 atom stereocenters. The van der Waals surface area contributed by atoms with Crippen LogP contribution in [-0.4, -0.2) is 56.5 Å². The summed E-state index contributed by atoms with van der Waals surface area (Å²) in [6.07, 6.45) is 3.80. The summed E-state index contributed by atoms with van der Waals surface area (Å²) in [5.41, 5.74) is 2.69. The first kappa shape index (κ1) is 19.9. The zero-order chi connectivity index (χ0) is 18.7. The lowest BCUT2D eigenvalue weighted by Gasteiger charge is -2.35. The van der Waals surface area contributed by atoms with Gasteiger partial charge in [0.15, 0.2) is 0 Å². The van der Waals surface area contributed by atoms with Gasteiger partial charge in [0.1, 0.15) is 5.75 Å². The number of benzene rings is 1. The van der Waals surface area contributed by atoms with Crippen LogP contribution >= 0.6 is 10.7 Å². The minimum atomic E-state index is -3.56. The highest BCUT2D eigenvalue weighted by atomic mass is 35.7. The van der Waals surface area contributed by atoms with E-state index in [1.54, 1.807) is 0 Å². The fraction of sp³-hybridized carbons (Fsp3) is 0.684. The molecule has 0 spiro atoms. The highest BCUT2D eigenvalue weighted by Crippen LogP contribution is 2.27. The molecule has 0 amide bonds. The number of likely N-dealkylation sites (N-methyl/N-ethyl adjacent to an activating group) is 1. The zero-order valence-electron chi connectivity index (χ0n) is 15.7. The second-order valence-corrected chi connectivity index (χ2v) is 9.98. The van der Waals surface area contributed by atoms with Gasteiger partial charge in [0.25, 0.3) is 9.24 Å². The van der Waals surface area contributed by atoms with Crippen molar-refractivity contribution < 1.29 is 13.2 Å². The Hall–Kier alpha value is -0.820. The van der Waals surface area contributed by atoms with E-state index < -0.39 is 9.24 Å². The molecule has 26 heavy (non-hydrogen) atoms. The summed E-state index contributed by atoms with van der Waals surface area (Å²) in [4.78, 5) is 2.51. The van der Waals surface area contributed by atoms with Gasteiger partial charge in [0, 0.05) is 42.8 Å². The van der Waals surface area contributed by atoms with E-state index in [1.807, 2.05) is 0 Å². The third-order valence-corrected chi connectivity index (χ3v) is 7.26. The fourth-order valence-corrected chi connectivity index (χ4v) is 5.16. The number of nitrogens with zero attached hydrogens (tertiary/aromatic N) is 2. The molecule has 0 radical (unpaired) electrons. The molecule has 5 nitrogen and oxygen atoms in total.